The quantitative estimate of drug-likeness (QED) is 0.156. The van der Waals surface area contributed by atoms with Crippen LogP contribution in [0.5, 0.6) is 0 Å². The van der Waals surface area contributed by atoms with E-state index in [-0.39, 0.29) is 37.3 Å². The second-order valence-corrected chi connectivity index (χ2v) is 15.1. The van der Waals surface area contributed by atoms with Gasteiger partial charge in [0.15, 0.2) is 0 Å². The van der Waals surface area contributed by atoms with E-state index in [2.05, 4.69) is 31.9 Å². The van der Waals surface area contributed by atoms with Crippen LogP contribution in [0, 0.1) is 17.8 Å². The maximum atomic E-state index is 15.1. The Labute approximate surface area is 320 Å². The van der Waals surface area contributed by atoms with Crippen LogP contribution in [-0.4, -0.2) is 102 Å². The van der Waals surface area contributed by atoms with E-state index < -0.39 is 59.6 Å². The number of hydrogen-bond donors (Lipinski definition) is 1. The number of amides is 3. The molecule has 1 spiro atoms. The second-order valence-electron chi connectivity index (χ2n) is 15.1. The number of allylic oxidation sites excluding steroid dienone is 1. The van der Waals surface area contributed by atoms with Crippen molar-refractivity contribution in [2.75, 3.05) is 43.1 Å². The molecule has 3 saturated heterocycles. The first-order valence-electron chi connectivity index (χ1n) is 19.4. The van der Waals surface area contributed by atoms with Gasteiger partial charge in [-0.2, -0.15) is 0 Å². The summed E-state index contributed by atoms with van der Waals surface area (Å²) >= 11 is 0. The molecule has 2 bridgehead atoms. The minimum atomic E-state index is -1.31. The Morgan fingerprint density at radius 2 is 1.67 bits per heavy atom. The van der Waals surface area contributed by atoms with Crippen LogP contribution in [0.4, 0.5) is 11.4 Å². The summed E-state index contributed by atoms with van der Waals surface area (Å²) in [6.45, 7) is 19.0. The molecule has 11 heteroatoms. The zero-order valence-electron chi connectivity index (χ0n) is 32.7. The van der Waals surface area contributed by atoms with Crippen molar-refractivity contribution in [3.05, 3.63) is 85.5 Å². The Bertz CT molecular complexity index is 1660. The smallest absolute Gasteiger partial charge is 0.313 e. The molecule has 8 atom stereocenters. The number of ether oxygens (including phenoxy) is 2. The molecule has 292 valence electrons. The van der Waals surface area contributed by atoms with Gasteiger partial charge in [0.1, 0.15) is 17.7 Å². The van der Waals surface area contributed by atoms with E-state index >= 15 is 4.79 Å². The standard InChI is InChI=1S/C43H58N4O7/c1-9-13-19-35(49)44(8)29(7)38(30-17-15-14-16-18-30)53-42(52)36-34-24-25-43(54-34)37(36)40(50)47(33(27-48)28(5)6)39(43)41(51)46(26-10-2)32-22-20-31(21-23-32)45(11-3)12-4/h9-10,14-18,20-23,28-29,33-34,36-39,48H,1-2,11-13,19,24-27H2,3-8H3/t29-,33-,34+,36-,37-,38+,39+,43-/m0/s1. The van der Waals surface area contributed by atoms with Gasteiger partial charge < -0.3 is 34.2 Å². The van der Waals surface area contributed by atoms with Crippen molar-refractivity contribution in [2.24, 2.45) is 17.8 Å². The zero-order chi connectivity index (χ0) is 39.3. The second kappa shape index (κ2) is 17.3. The van der Waals surface area contributed by atoms with Crippen molar-refractivity contribution in [3.8, 4) is 0 Å². The van der Waals surface area contributed by atoms with Crippen molar-refractivity contribution in [1.29, 1.82) is 0 Å². The molecular formula is C43H58N4O7. The van der Waals surface area contributed by atoms with E-state index in [9.17, 15) is 19.5 Å². The monoisotopic (exact) mass is 742 g/mol. The first-order chi connectivity index (χ1) is 25.9. The number of nitrogens with zero attached hydrogens (tertiary/aromatic N) is 4. The lowest BCUT2D eigenvalue weighted by Gasteiger charge is -2.40. The molecule has 0 saturated carbocycles. The van der Waals surface area contributed by atoms with Gasteiger partial charge >= 0.3 is 5.97 Å². The summed E-state index contributed by atoms with van der Waals surface area (Å²) < 4.78 is 13.1. The van der Waals surface area contributed by atoms with Gasteiger partial charge in [-0.1, -0.05) is 56.3 Å². The summed E-state index contributed by atoms with van der Waals surface area (Å²) in [5.41, 5.74) is 1.07. The predicted octanol–water partition coefficient (Wildman–Crippen LogP) is 5.54. The SMILES string of the molecule is C=CCCC(=O)N(C)[C@@H](C)[C@@H](OC(=O)[C@@H]1[C@H]2C(=O)N([C@@H](CO)C(C)C)[C@H](C(=O)N(CC=C)c3ccc(N(CC)CC)cc3)[C@]23CC[C@H]1O3)c1ccccc1. The molecule has 5 rings (SSSR count). The highest BCUT2D eigenvalue weighted by Gasteiger charge is 2.76. The molecule has 54 heavy (non-hydrogen) atoms. The Morgan fingerprint density at radius 1 is 1.02 bits per heavy atom. The Balaban J connectivity index is 1.52. The number of likely N-dealkylation sites (N-methyl/N-ethyl adjacent to an activating group) is 1. The molecule has 11 nitrogen and oxygen atoms in total. The molecule has 3 fully saturated rings. The number of benzene rings is 2. The van der Waals surface area contributed by atoms with Crippen molar-refractivity contribution in [2.45, 2.75) is 96.2 Å². The maximum absolute atomic E-state index is 15.1. The van der Waals surface area contributed by atoms with E-state index in [1.165, 1.54) is 4.90 Å². The van der Waals surface area contributed by atoms with Gasteiger partial charge in [-0.25, -0.2) is 0 Å². The van der Waals surface area contributed by atoms with Crippen LogP contribution >= 0.6 is 0 Å². The Morgan fingerprint density at radius 3 is 2.24 bits per heavy atom. The number of fused-ring (bicyclic) bond motifs is 1. The molecule has 3 aliphatic rings. The van der Waals surface area contributed by atoms with Gasteiger partial charge in [0.05, 0.1) is 36.6 Å². The Kier molecular flexibility index (Phi) is 13.1. The van der Waals surface area contributed by atoms with Gasteiger partial charge in [0.25, 0.3) is 5.91 Å². The zero-order valence-corrected chi connectivity index (χ0v) is 32.7. The summed E-state index contributed by atoms with van der Waals surface area (Å²) in [7, 11) is 1.69. The maximum Gasteiger partial charge on any atom is 0.313 e. The molecule has 3 heterocycles. The highest BCUT2D eigenvalue weighted by Crippen LogP contribution is 2.59. The lowest BCUT2D eigenvalue weighted by Crippen LogP contribution is -2.59. The molecular weight excluding hydrogens is 684 g/mol. The summed E-state index contributed by atoms with van der Waals surface area (Å²) in [4.78, 5) is 64.5. The third kappa shape index (κ3) is 7.45. The molecule has 3 aliphatic heterocycles. The van der Waals surface area contributed by atoms with E-state index in [0.29, 0.717) is 30.5 Å². The van der Waals surface area contributed by atoms with Crippen molar-refractivity contribution in [3.63, 3.8) is 0 Å². The van der Waals surface area contributed by atoms with E-state index in [1.54, 1.807) is 29.0 Å². The molecule has 0 aromatic heterocycles. The molecule has 0 unspecified atom stereocenters. The van der Waals surface area contributed by atoms with Crippen molar-refractivity contribution >= 4 is 35.1 Å². The molecule has 2 aromatic carbocycles. The third-order valence-electron chi connectivity index (χ3n) is 11.8. The fraction of sp³-hybridized carbons (Fsp3) is 0.535. The molecule has 1 N–H and O–H groups in total. The number of aliphatic hydroxyl groups is 1. The van der Waals surface area contributed by atoms with Gasteiger partial charge in [0, 0.05) is 44.5 Å². The number of esters is 1. The fourth-order valence-corrected chi connectivity index (χ4v) is 8.77. The average molecular weight is 743 g/mol. The molecule has 0 aliphatic carbocycles. The predicted molar refractivity (Wildman–Crippen MR) is 210 cm³/mol. The fourth-order valence-electron chi connectivity index (χ4n) is 8.77. The average Bonchev–Trinajstić information content (AvgIpc) is 3.83. The number of hydrogen-bond acceptors (Lipinski definition) is 8. The first kappa shape index (κ1) is 40.7. The number of anilines is 2. The largest absolute Gasteiger partial charge is 0.455 e. The number of carbonyl (C=O) groups is 4. The Hall–Kier alpha value is -4.48. The number of likely N-dealkylation sites (tertiary alicyclic amines) is 1. The van der Waals surface area contributed by atoms with Crippen LogP contribution in [0.3, 0.4) is 0 Å². The van der Waals surface area contributed by atoms with Crippen LogP contribution in [0.1, 0.15) is 72.0 Å². The normalized spacial score (nSPS) is 24.4. The highest BCUT2D eigenvalue weighted by molar-refractivity contribution is 6.05. The van der Waals surface area contributed by atoms with Crippen LogP contribution in [0.2, 0.25) is 0 Å². The third-order valence-corrected chi connectivity index (χ3v) is 11.8. The van der Waals surface area contributed by atoms with Crippen LogP contribution in [-0.2, 0) is 28.7 Å². The van der Waals surface area contributed by atoms with Gasteiger partial charge in [0.2, 0.25) is 11.8 Å². The lowest BCUT2D eigenvalue weighted by atomic mass is 9.70. The van der Waals surface area contributed by atoms with Gasteiger partial charge in [-0.3, -0.25) is 19.2 Å². The summed E-state index contributed by atoms with van der Waals surface area (Å²) in [5, 5.41) is 10.7. The van der Waals surface area contributed by atoms with Gasteiger partial charge in [-0.15, -0.1) is 13.2 Å². The summed E-state index contributed by atoms with van der Waals surface area (Å²) in [6, 6.07) is 14.7. The summed E-state index contributed by atoms with van der Waals surface area (Å²) in [6.07, 6.45) is 3.50. The van der Waals surface area contributed by atoms with E-state index in [1.807, 2.05) is 75.4 Å². The first-order valence-corrected chi connectivity index (χ1v) is 19.4. The topological polar surface area (TPSA) is 120 Å². The minimum absolute atomic E-state index is 0.111. The minimum Gasteiger partial charge on any atom is -0.455 e. The van der Waals surface area contributed by atoms with Crippen LogP contribution in [0.15, 0.2) is 79.9 Å². The van der Waals surface area contributed by atoms with Crippen LogP contribution < -0.4 is 9.80 Å². The number of carbonyl (C=O) groups excluding carboxylic acids is 4. The van der Waals surface area contributed by atoms with E-state index in [4.69, 9.17) is 9.47 Å². The highest BCUT2D eigenvalue weighted by atomic mass is 16.6. The van der Waals surface area contributed by atoms with Crippen molar-refractivity contribution < 1.29 is 33.8 Å². The lowest BCUT2D eigenvalue weighted by molar-refractivity contribution is -0.165. The summed E-state index contributed by atoms with van der Waals surface area (Å²) in [5.74, 6) is -3.67. The van der Waals surface area contributed by atoms with Gasteiger partial charge in [-0.05, 0) is 75.8 Å². The number of rotatable bonds is 18. The van der Waals surface area contributed by atoms with Crippen LogP contribution in [0.25, 0.3) is 0 Å². The van der Waals surface area contributed by atoms with E-state index in [0.717, 1.165) is 18.8 Å². The van der Waals surface area contributed by atoms with Crippen molar-refractivity contribution in [1.82, 2.24) is 9.80 Å². The number of aliphatic hydroxyl groups excluding tert-OH is 1. The molecule has 3 amide bonds. The molecule has 0 radical (unpaired) electrons. The molecule has 2 aromatic rings.